The van der Waals surface area contributed by atoms with Crippen LogP contribution in [-0.4, -0.2) is 39.3 Å². The lowest BCUT2D eigenvalue weighted by Crippen LogP contribution is -2.28. The van der Waals surface area contributed by atoms with E-state index in [0.717, 1.165) is 10.2 Å². The maximum absolute atomic E-state index is 12.8. The lowest BCUT2D eigenvalue weighted by Gasteiger charge is -2.11. The Hall–Kier alpha value is -3.79. The number of methoxy groups -OCH3 is 2. The molecule has 1 N–H and O–H groups in total. The van der Waals surface area contributed by atoms with Gasteiger partial charge < -0.3 is 14.8 Å². The molecule has 0 unspecified atom stereocenters. The normalized spacial score (nSPS) is 10.8. The number of nitrogens with one attached hydrogen (secondary N) is 1. The zero-order valence-electron chi connectivity index (χ0n) is 17.5. The molecule has 0 aliphatic heterocycles. The maximum atomic E-state index is 12.8. The molecule has 2 aromatic carbocycles. The molecule has 164 valence electrons. The Balaban J connectivity index is 1.53. The van der Waals surface area contributed by atoms with Crippen LogP contribution in [0.1, 0.15) is 5.56 Å². The predicted molar refractivity (Wildman–Crippen MR) is 121 cm³/mol. The smallest absolute Gasteiger partial charge is 0.350 e. The average Bonchev–Trinajstić information content (AvgIpc) is 3.14. The van der Waals surface area contributed by atoms with E-state index in [-0.39, 0.29) is 6.54 Å². The van der Waals surface area contributed by atoms with E-state index < -0.39 is 11.6 Å². The van der Waals surface area contributed by atoms with E-state index in [1.165, 1.54) is 29.5 Å². The van der Waals surface area contributed by atoms with E-state index in [1.807, 2.05) is 30.3 Å². The SMILES string of the molecule is COc1ccc(NC(=O)Cn2nc3c(SCc4ccccc4)nccn3c2=O)c(OC)c1. The molecule has 0 aliphatic rings. The molecule has 0 spiro atoms. The van der Waals surface area contributed by atoms with E-state index in [1.54, 1.807) is 31.5 Å². The minimum Gasteiger partial charge on any atom is -0.497 e. The second-order valence-electron chi connectivity index (χ2n) is 6.75. The molecule has 2 aromatic heterocycles. The number of hydrogen-bond donors (Lipinski definition) is 1. The lowest BCUT2D eigenvalue weighted by molar-refractivity contribution is -0.117. The second kappa shape index (κ2) is 9.56. The first-order valence-corrected chi connectivity index (χ1v) is 10.7. The van der Waals surface area contributed by atoms with E-state index in [2.05, 4.69) is 15.4 Å². The second-order valence-corrected chi connectivity index (χ2v) is 7.72. The van der Waals surface area contributed by atoms with Crippen LogP contribution in [0.25, 0.3) is 5.65 Å². The molecule has 0 fully saturated rings. The molecule has 0 aliphatic carbocycles. The summed E-state index contributed by atoms with van der Waals surface area (Å²) >= 11 is 1.48. The van der Waals surface area contributed by atoms with Crippen molar-refractivity contribution in [1.82, 2.24) is 19.2 Å². The van der Waals surface area contributed by atoms with Gasteiger partial charge in [-0.2, -0.15) is 0 Å². The summed E-state index contributed by atoms with van der Waals surface area (Å²) in [7, 11) is 3.04. The van der Waals surface area contributed by atoms with Gasteiger partial charge >= 0.3 is 5.69 Å². The van der Waals surface area contributed by atoms with Gasteiger partial charge in [0, 0.05) is 24.2 Å². The standard InChI is InChI=1S/C22H21N5O4S/c1-30-16-8-9-17(18(12-16)31-2)24-19(28)13-27-22(29)26-11-10-23-21(20(26)25-27)32-14-15-6-4-3-5-7-15/h3-12H,13-14H2,1-2H3,(H,24,28). The molecular weight excluding hydrogens is 430 g/mol. The molecular formula is C22H21N5O4S. The summed E-state index contributed by atoms with van der Waals surface area (Å²) in [6, 6.07) is 15.0. The first kappa shape index (κ1) is 21.4. The van der Waals surface area contributed by atoms with Gasteiger partial charge in [-0.3, -0.25) is 4.79 Å². The van der Waals surface area contributed by atoms with Crippen LogP contribution in [0.2, 0.25) is 0 Å². The number of benzene rings is 2. The van der Waals surface area contributed by atoms with Crippen molar-refractivity contribution in [2.75, 3.05) is 19.5 Å². The summed E-state index contributed by atoms with van der Waals surface area (Å²) in [5, 5.41) is 7.71. The molecule has 9 nitrogen and oxygen atoms in total. The van der Waals surface area contributed by atoms with Gasteiger partial charge in [-0.15, -0.1) is 5.10 Å². The third-order valence-corrected chi connectivity index (χ3v) is 5.70. The van der Waals surface area contributed by atoms with Crippen LogP contribution in [0.4, 0.5) is 5.69 Å². The van der Waals surface area contributed by atoms with E-state index >= 15 is 0 Å². The van der Waals surface area contributed by atoms with Crippen molar-refractivity contribution in [3.05, 3.63) is 77.0 Å². The van der Waals surface area contributed by atoms with Gasteiger partial charge in [0.2, 0.25) is 5.91 Å². The molecule has 4 aromatic rings. The molecule has 1 amide bonds. The molecule has 10 heteroatoms. The van der Waals surface area contributed by atoms with E-state index in [9.17, 15) is 9.59 Å². The molecule has 2 heterocycles. The molecule has 0 saturated carbocycles. The Labute approximate surface area is 188 Å². The number of anilines is 1. The van der Waals surface area contributed by atoms with Gasteiger partial charge in [0.25, 0.3) is 0 Å². The topological polar surface area (TPSA) is 99.7 Å². The summed E-state index contributed by atoms with van der Waals surface area (Å²) < 4.78 is 13.0. The number of aromatic nitrogens is 4. The van der Waals surface area contributed by atoms with Gasteiger partial charge in [0.15, 0.2) is 5.65 Å². The fraction of sp³-hybridized carbons (Fsp3) is 0.182. The van der Waals surface area contributed by atoms with Crippen LogP contribution in [0.3, 0.4) is 0 Å². The number of nitrogens with zero attached hydrogens (tertiary/aromatic N) is 4. The number of fused-ring (bicyclic) bond motifs is 1. The van der Waals surface area contributed by atoms with Crippen LogP contribution in [0, 0.1) is 0 Å². The highest BCUT2D eigenvalue weighted by atomic mass is 32.2. The Morgan fingerprint density at radius 3 is 2.69 bits per heavy atom. The molecule has 0 atom stereocenters. The number of carbonyl (C=O) groups excluding carboxylic acids is 1. The fourth-order valence-electron chi connectivity index (χ4n) is 3.08. The zero-order chi connectivity index (χ0) is 22.5. The van der Waals surface area contributed by atoms with Crippen LogP contribution < -0.4 is 20.5 Å². The highest BCUT2D eigenvalue weighted by Crippen LogP contribution is 2.29. The maximum Gasteiger partial charge on any atom is 0.350 e. The van der Waals surface area contributed by atoms with Crippen LogP contribution in [0.5, 0.6) is 11.5 Å². The third kappa shape index (κ3) is 4.59. The Morgan fingerprint density at radius 2 is 1.94 bits per heavy atom. The largest absolute Gasteiger partial charge is 0.497 e. The summed E-state index contributed by atoms with van der Waals surface area (Å²) in [6.45, 7) is -0.251. The molecule has 32 heavy (non-hydrogen) atoms. The van der Waals surface area contributed by atoms with Crippen molar-refractivity contribution in [2.45, 2.75) is 17.3 Å². The number of thioether (sulfide) groups is 1. The lowest BCUT2D eigenvalue weighted by atomic mass is 10.2. The van der Waals surface area contributed by atoms with Gasteiger partial charge in [-0.25, -0.2) is 18.9 Å². The number of hydrogen-bond acceptors (Lipinski definition) is 7. The van der Waals surface area contributed by atoms with Crippen LogP contribution in [0.15, 0.2) is 70.7 Å². The summed E-state index contributed by atoms with van der Waals surface area (Å²) in [5.41, 5.74) is 1.60. The monoisotopic (exact) mass is 451 g/mol. The zero-order valence-corrected chi connectivity index (χ0v) is 18.3. The van der Waals surface area contributed by atoms with Crippen molar-refractivity contribution < 1.29 is 14.3 Å². The summed E-state index contributed by atoms with van der Waals surface area (Å²) in [5.74, 6) is 1.32. The molecule has 0 radical (unpaired) electrons. The first-order valence-electron chi connectivity index (χ1n) is 9.72. The Kier molecular flexibility index (Phi) is 6.41. The molecule has 0 bridgehead atoms. The predicted octanol–water partition coefficient (Wildman–Crippen LogP) is 2.84. The number of carbonyl (C=O) groups is 1. The van der Waals surface area contributed by atoms with Crippen molar-refractivity contribution in [3.63, 3.8) is 0 Å². The Morgan fingerprint density at radius 1 is 1.12 bits per heavy atom. The van der Waals surface area contributed by atoms with E-state index in [0.29, 0.717) is 33.6 Å². The summed E-state index contributed by atoms with van der Waals surface area (Å²) in [4.78, 5) is 29.7. The van der Waals surface area contributed by atoms with Crippen molar-refractivity contribution in [2.24, 2.45) is 0 Å². The van der Waals surface area contributed by atoms with Crippen molar-refractivity contribution in [1.29, 1.82) is 0 Å². The highest BCUT2D eigenvalue weighted by Gasteiger charge is 2.16. The van der Waals surface area contributed by atoms with Gasteiger partial charge in [-0.05, 0) is 17.7 Å². The fourth-order valence-corrected chi connectivity index (χ4v) is 3.98. The Bertz CT molecular complexity index is 1300. The minimum atomic E-state index is -0.416. The number of ether oxygens (including phenoxy) is 2. The third-order valence-electron chi connectivity index (χ3n) is 4.66. The quantitative estimate of drug-likeness (QED) is 0.411. The molecule has 0 saturated heterocycles. The van der Waals surface area contributed by atoms with Gasteiger partial charge in [0.05, 0.1) is 19.9 Å². The number of rotatable bonds is 8. The van der Waals surface area contributed by atoms with Crippen LogP contribution >= 0.6 is 11.8 Å². The highest BCUT2D eigenvalue weighted by molar-refractivity contribution is 7.98. The summed E-state index contributed by atoms with van der Waals surface area (Å²) in [6.07, 6.45) is 3.09. The van der Waals surface area contributed by atoms with Crippen LogP contribution in [-0.2, 0) is 17.1 Å². The minimum absolute atomic E-state index is 0.251. The number of amides is 1. The van der Waals surface area contributed by atoms with Gasteiger partial charge in [-0.1, -0.05) is 42.1 Å². The first-order chi connectivity index (χ1) is 15.6. The van der Waals surface area contributed by atoms with Gasteiger partial charge in [0.1, 0.15) is 23.1 Å². The van der Waals surface area contributed by atoms with Crippen molar-refractivity contribution in [3.8, 4) is 11.5 Å². The molecule has 4 rings (SSSR count). The average molecular weight is 452 g/mol. The van der Waals surface area contributed by atoms with E-state index in [4.69, 9.17) is 9.47 Å². The van der Waals surface area contributed by atoms with Crippen molar-refractivity contribution >= 4 is 29.0 Å².